The minimum absolute atomic E-state index is 0.0188. The van der Waals surface area contributed by atoms with E-state index in [9.17, 15) is 9.59 Å². The van der Waals surface area contributed by atoms with E-state index in [4.69, 9.17) is 18.3 Å². The van der Waals surface area contributed by atoms with Gasteiger partial charge in [0.2, 0.25) is 5.91 Å². The summed E-state index contributed by atoms with van der Waals surface area (Å²) < 4.78 is 25.4. The van der Waals surface area contributed by atoms with Gasteiger partial charge in [-0.2, -0.15) is 0 Å². The predicted octanol–water partition coefficient (Wildman–Crippen LogP) is 8.78. The molecule has 6 atom stereocenters. The van der Waals surface area contributed by atoms with Gasteiger partial charge in [0.25, 0.3) is 0 Å². The highest BCUT2D eigenvalue weighted by Gasteiger charge is 2.45. The van der Waals surface area contributed by atoms with E-state index in [1.807, 2.05) is 50.3 Å². The third kappa shape index (κ3) is 9.73. The van der Waals surface area contributed by atoms with Crippen molar-refractivity contribution in [2.45, 2.75) is 129 Å². The maximum Gasteiger partial charge on any atom is 0.416 e. The van der Waals surface area contributed by atoms with Crippen LogP contribution in [0.25, 0.3) is 0 Å². The molecule has 0 aliphatic carbocycles. The number of cyclic esters (lactones) is 1. The Morgan fingerprint density at radius 3 is 2.16 bits per heavy atom. The van der Waals surface area contributed by atoms with Gasteiger partial charge in [-0.15, -0.1) is 6.58 Å². The summed E-state index contributed by atoms with van der Waals surface area (Å²) in [7, 11) is -2.63. The van der Waals surface area contributed by atoms with Crippen molar-refractivity contribution < 1.29 is 27.9 Å². The Kier molecular flexibility index (Phi) is 14.5. The van der Waals surface area contributed by atoms with Crippen LogP contribution in [-0.2, 0) is 29.5 Å². The first-order valence-corrected chi connectivity index (χ1v) is 22.2. The van der Waals surface area contributed by atoms with Crippen molar-refractivity contribution in [2.24, 2.45) is 11.8 Å². The van der Waals surface area contributed by atoms with E-state index >= 15 is 0 Å². The Morgan fingerprint density at radius 2 is 1.67 bits per heavy atom. The molecule has 0 spiro atoms. The van der Waals surface area contributed by atoms with Crippen molar-refractivity contribution in [3.05, 3.63) is 60.2 Å². The Balaban J connectivity index is 2.52. The summed E-state index contributed by atoms with van der Waals surface area (Å²) in [6.45, 7) is 28.1. The Morgan fingerprint density at radius 1 is 1.09 bits per heavy atom. The van der Waals surface area contributed by atoms with Gasteiger partial charge in [-0.1, -0.05) is 97.9 Å². The number of nitrogens with zero attached hydrogens (tertiary/aromatic N) is 1. The van der Waals surface area contributed by atoms with E-state index in [1.165, 1.54) is 4.90 Å². The van der Waals surface area contributed by atoms with Gasteiger partial charge in [0.05, 0.1) is 24.2 Å². The number of imide groups is 1. The first-order valence-electron chi connectivity index (χ1n) is 16.7. The normalized spacial score (nSPS) is 19.9. The van der Waals surface area contributed by atoms with Crippen LogP contribution in [0.5, 0.6) is 0 Å². The molecular formula is C36H61NO6Si2. The minimum Gasteiger partial charge on any atom is -0.447 e. The number of carbonyl (C=O) groups excluding carboxylic acids is 2. The molecule has 1 aromatic carbocycles. The van der Waals surface area contributed by atoms with Gasteiger partial charge < -0.3 is 18.3 Å². The lowest BCUT2D eigenvalue weighted by molar-refractivity contribution is -0.135. The highest BCUT2D eigenvalue weighted by Crippen LogP contribution is 2.39. The smallest absolute Gasteiger partial charge is 0.416 e. The molecule has 0 unspecified atom stereocenters. The number of rotatable bonds is 17. The lowest BCUT2D eigenvalue weighted by Gasteiger charge is -2.42. The molecule has 0 aromatic heterocycles. The van der Waals surface area contributed by atoms with E-state index < -0.39 is 34.7 Å². The van der Waals surface area contributed by atoms with Crippen molar-refractivity contribution >= 4 is 28.6 Å². The first-order chi connectivity index (χ1) is 21.0. The fraction of sp³-hybridized carbons (Fsp3) is 0.667. The van der Waals surface area contributed by atoms with Crippen molar-refractivity contribution in [3.8, 4) is 0 Å². The van der Waals surface area contributed by atoms with Crippen LogP contribution in [0.15, 0.2) is 54.6 Å². The average molecular weight is 660 g/mol. The van der Waals surface area contributed by atoms with Crippen molar-refractivity contribution in [2.75, 3.05) is 13.7 Å². The summed E-state index contributed by atoms with van der Waals surface area (Å²) in [6, 6.07) is 12.4. The van der Waals surface area contributed by atoms with Gasteiger partial charge in [-0.3, -0.25) is 4.79 Å². The van der Waals surface area contributed by atoms with Crippen LogP contribution in [0.3, 0.4) is 0 Å². The zero-order chi connectivity index (χ0) is 34.2. The molecule has 2 amide bonds. The molecule has 9 heteroatoms. The number of benzene rings is 1. The minimum atomic E-state index is -2.16. The predicted molar refractivity (Wildman–Crippen MR) is 189 cm³/mol. The van der Waals surface area contributed by atoms with Crippen molar-refractivity contribution in [1.82, 2.24) is 4.90 Å². The van der Waals surface area contributed by atoms with Crippen LogP contribution < -0.4 is 0 Å². The molecule has 1 heterocycles. The van der Waals surface area contributed by atoms with Gasteiger partial charge in [-0.05, 0) is 60.7 Å². The summed E-state index contributed by atoms with van der Waals surface area (Å²) in [5.74, 6) is -0.907. The highest BCUT2D eigenvalue weighted by molar-refractivity contribution is 6.74. The summed E-state index contributed by atoms with van der Waals surface area (Å²) in [4.78, 5) is 28.6. The van der Waals surface area contributed by atoms with Crippen molar-refractivity contribution in [1.29, 1.82) is 0 Å². The molecule has 0 radical (unpaired) electrons. The third-order valence-corrected chi connectivity index (χ3v) is 19.3. The first kappa shape index (κ1) is 39.1. The van der Waals surface area contributed by atoms with Gasteiger partial charge in [0.1, 0.15) is 12.7 Å². The van der Waals surface area contributed by atoms with E-state index in [2.05, 4.69) is 74.2 Å². The maximum atomic E-state index is 14.3. The fourth-order valence-electron chi connectivity index (χ4n) is 5.93. The van der Waals surface area contributed by atoms with E-state index in [0.29, 0.717) is 6.42 Å². The van der Waals surface area contributed by atoms with E-state index in [-0.39, 0.29) is 41.7 Å². The monoisotopic (exact) mass is 659 g/mol. The Hall–Kier alpha value is -2.05. The van der Waals surface area contributed by atoms with Gasteiger partial charge >= 0.3 is 6.09 Å². The molecule has 1 saturated heterocycles. The zero-order valence-corrected chi connectivity index (χ0v) is 32.1. The number of ether oxygens (including phenoxy) is 2. The zero-order valence-electron chi connectivity index (χ0n) is 30.1. The van der Waals surface area contributed by atoms with Crippen LogP contribution >= 0.6 is 0 Å². The summed E-state index contributed by atoms with van der Waals surface area (Å²) in [5.41, 5.74) is 2.02. The lowest BCUT2D eigenvalue weighted by atomic mass is 9.91. The Labute approximate surface area is 276 Å². The standard InChI is InChI=1S/C36H61NO6Si2/c1-14-31(40-11)33(42-44(12,13)36(8,9)10)27(6)23-26(5)32(43-45(15-2,16-3)17-4)28(7)34(38)37-30(25-41-35(37)39)24-29-21-19-18-20-22-29/h14,18-23,27-28,30-33H,1,15-17,24-25H2,2-13H3/b26-23-/t27-,28+,30-,31+,32+,33+/m1/s1. The van der Waals surface area contributed by atoms with Crippen molar-refractivity contribution in [3.63, 3.8) is 0 Å². The number of methoxy groups -OCH3 is 1. The molecule has 1 aromatic rings. The summed E-state index contributed by atoms with van der Waals surface area (Å²) in [5, 5.41) is 0.0188. The van der Waals surface area contributed by atoms with Crippen LogP contribution in [-0.4, -0.2) is 71.6 Å². The number of hydrogen-bond acceptors (Lipinski definition) is 6. The van der Waals surface area contributed by atoms with Gasteiger partial charge in [0, 0.05) is 13.0 Å². The second-order valence-electron chi connectivity index (χ2n) is 14.2. The number of amides is 2. The second-order valence-corrected chi connectivity index (χ2v) is 23.7. The van der Waals surface area contributed by atoms with E-state index in [1.54, 1.807) is 7.11 Å². The molecular weight excluding hydrogens is 599 g/mol. The molecule has 2 rings (SSSR count). The molecule has 0 N–H and O–H groups in total. The summed E-state index contributed by atoms with van der Waals surface area (Å²) in [6.07, 6.45) is 2.92. The molecule has 0 bridgehead atoms. The quantitative estimate of drug-likeness (QED) is 0.123. The van der Waals surface area contributed by atoms with Crippen LogP contribution in [0.4, 0.5) is 4.79 Å². The van der Waals surface area contributed by atoms with Crippen LogP contribution in [0.1, 0.15) is 67.9 Å². The SMILES string of the molecule is C=C[C@H](OC)[C@@H](O[Si](C)(C)C(C)(C)C)[C@H](C)/C=C(/C)[C@H](O[Si](CC)(CC)CC)[C@H](C)C(=O)N1C(=O)OC[C@H]1Cc1ccccc1. The molecule has 1 fully saturated rings. The lowest BCUT2D eigenvalue weighted by Crippen LogP contribution is -2.50. The second kappa shape index (κ2) is 16.7. The highest BCUT2D eigenvalue weighted by atomic mass is 28.4. The van der Waals surface area contributed by atoms with Gasteiger partial charge in [0.15, 0.2) is 16.6 Å². The maximum absolute atomic E-state index is 14.3. The van der Waals surface area contributed by atoms with E-state index in [0.717, 1.165) is 29.3 Å². The Bertz CT molecular complexity index is 1140. The third-order valence-electron chi connectivity index (χ3n) is 10.2. The number of hydrogen-bond donors (Lipinski definition) is 0. The van der Waals surface area contributed by atoms with Crippen LogP contribution in [0, 0.1) is 11.8 Å². The molecule has 254 valence electrons. The average Bonchev–Trinajstić information content (AvgIpc) is 3.36. The molecule has 1 aliphatic rings. The fourth-order valence-corrected chi connectivity index (χ4v) is 10.2. The molecule has 1 aliphatic heterocycles. The molecule has 45 heavy (non-hydrogen) atoms. The number of carbonyl (C=O) groups is 2. The largest absolute Gasteiger partial charge is 0.447 e. The van der Waals surface area contributed by atoms with Gasteiger partial charge in [-0.25, -0.2) is 9.69 Å². The van der Waals surface area contributed by atoms with Crippen LogP contribution in [0.2, 0.25) is 36.3 Å². The molecule has 0 saturated carbocycles. The molecule has 7 nitrogen and oxygen atoms in total. The summed E-state index contributed by atoms with van der Waals surface area (Å²) >= 11 is 0. The topological polar surface area (TPSA) is 74.3 Å².